The normalized spacial score (nSPS) is 15.1. The third kappa shape index (κ3) is 5.12. The van der Waals surface area contributed by atoms with Crippen LogP contribution in [0.4, 0.5) is 27.4 Å². The number of hydrogen-bond acceptors (Lipinski definition) is 6. The quantitative estimate of drug-likeness (QED) is 0.283. The van der Waals surface area contributed by atoms with E-state index in [0.29, 0.717) is 39.7 Å². The van der Waals surface area contributed by atoms with Gasteiger partial charge in [0, 0.05) is 46.8 Å². The largest absolute Gasteiger partial charge is 0.381 e. The number of rotatable bonds is 7. The predicted octanol–water partition coefficient (Wildman–Crippen LogP) is 5.08. The van der Waals surface area contributed by atoms with Crippen molar-refractivity contribution in [2.24, 2.45) is 0 Å². The van der Waals surface area contributed by atoms with E-state index < -0.39 is 5.82 Å². The Labute approximate surface area is 202 Å². The van der Waals surface area contributed by atoms with Crippen molar-refractivity contribution in [3.05, 3.63) is 85.3 Å². The fraction of sp³-hybridized carbons (Fsp3) is 0.148. The van der Waals surface area contributed by atoms with Crippen LogP contribution in [-0.4, -0.2) is 35.0 Å². The summed E-state index contributed by atoms with van der Waals surface area (Å²) in [6, 6.07) is 18.4. The number of halogens is 1. The summed E-state index contributed by atoms with van der Waals surface area (Å²) in [4.78, 5) is 20.7. The van der Waals surface area contributed by atoms with Gasteiger partial charge in [-0.25, -0.2) is 14.4 Å². The molecule has 8 heteroatoms. The Kier molecular flexibility index (Phi) is 6.36. The van der Waals surface area contributed by atoms with Crippen LogP contribution in [0.25, 0.3) is 22.0 Å². The molecule has 1 aliphatic rings. The Bertz CT molecular complexity index is 1380. The van der Waals surface area contributed by atoms with Gasteiger partial charge in [-0.15, -0.1) is 0 Å². The van der Waals surface area contributed by atoms with Gasteiger partial charge in [0.05, 0.1) is 5.52 Å². The number of amides is 1. The molecule has 176 valence electrons. The molecule has 0 bridgehead atoms. The summed E-state index contributed by atoms with van der Waals surface area (Å²) in [5.74, 6) is -0.386. The molecule has 1 aliphatic heterocycles. The van der Waals surface area contributed by atoms with Crippen molar-refractivity contribution in [1.82, 2.24) is 15.3 Å². The highest BCUT2D eigenvalue weighted by Crippen LogP contribution is 2.32. The monoisotopic (exact) mass is 468 g/mol. The third-order valence-corrected chi connectivity index (χ3v) is 5.88. The maximum absolute atomic E-state index is 15.0. The van der Waals surface area contributed by atoms with Crippen molar-refractivity contribution >= 4 is 39.8 Å². The first-order valence-electron chi connectivity index (χ1n) is 11.4. The molecule has 1 atom stereocenters. The second-order valence-corrected chi connectivity index (χ2v) is 8.36. The maximum atomic E-state index is 15.0. The summed E-state index contributed by atoms with van der Waals surface area (Å²) in [6.07, 6.45) is 3.96. The first kappa shape index (κ1) is 22.5. The lowest BCUT2D eigenvalue weighted by Gasteiger charge is -2.14. The molecule has 3 aromatic carbocycles. The zero-order valence-corrected chi connectivity index (χ0v) is 19.0. The third-order valence-electron chi connectivity index (χ3n) is 5.88. The van der Waals surface area contributed by atoms with Crippen molar-refractivity contribution in [3.8, 4) is 11.1 Å². The molecule has 4 N–H and O–H groups in total. The summed E-state index contributed by atoms with van der Waals surface area (Å²) in [6.45, 7) is 5.46. The molecular weight excluding hydrogens is 443 g/mol. The SMILES string of the molecule is C=CC(=O)Nc1cccc(-c2c(F)ccc3cnc(Nc4ccc(N[C@H]5CCNC5)cc4)nc23)c1. The zero-order chi connectivity index (χ0) is 24.2. The van der Waals surface area contributed by atoms with Crippen LogP contribution in [0.1, 0.15) is 6.42 Å². The summed E-state index contributed by atoms with van der Waals surface area (Å²) in [7, 11) is 0. The van der Waals surface area contributed by atoms with Crippen molar-refractivity contribution in [1.29, 1.82) is 0 Å². The van der Waals surface area contributed by atoms with Crippen LogP contribution in [0.3, 0.4) is 0 Å². The van der Waals surface area contributed by atoms with E-state index in [0.717, 1.165) is 30.9 Å². The number of benzene rings is 3. The Morgan fingerprint density at radius 1 is 1.09 bits per heavy atom. The van der Waals surface area contributed by atoms with Crippen LogP contribution < -0.4 is 21.3 Å². The Morgan fingerprint density at radius 3 is 2.69 bits per heavy atom. The number of carbonyl (C=O) groups excluding carboxylic acids is 1. The van der Waals surface area contributed by atoms with Crippen molar-refractivity contribution in [2.45, 2.75) is 12.5 Å². The second-order valence-electron chi connectivity index (χ2n) is 8.36. The van der Waals surface area contributed by atoms with Gasteiger partial charge in [-0.1, -0.05) is 18.7 Å². The minimum absolute atomic E-state index is 0.338. The average molecular weight is 469 g/mol. The lowest BCUT2D eigenvalue weighted by molar-refractivity contribution is -0.111. The minimum atomic E-state index is -0.411. The first-order chi connectivity index (χ1) is 17.1. The summed E-state index contributed by atoms with van der Waals surface area (Å²) >= 11 is 0. The van der Waals surface area contributed by atoms with E-state index in [-0.39, 0.29) is 5.91 Å². The van der Waals surface area contributed by atoms with Gasteiger partial charge >= 0.3 is 0 Å². The van der Waals surface area contributed by atoms with Gasteiger partial charge in [0.2, 0.25) is 11.9 Å². The van der Waals surface area contributed by atoms with Gasteiger partial charge in [0.15, 0.2) is 0 Å². The first-order valence-corrected chi connectivity index (χ1v) is 11.4. The average Bonchev–Trinajstić information content (AvgIpc) is 3.38. The zero-order valence-electron chi connectivity index (χ0n) is 19.0. The molecule has 1 amide bonds. The summed E-state index contributed by atoms with van der Waals surface area (Å²) in [5, 5.41) is 13.5. The highest BCUT2D eigenvalue weighted by atomic mass is 19.1. The van der Waals surface area contributed by atoms with E-state index in [1.165, 1.54) is 12.1 Å². The Balaban J connectivity index is 1.43. The Hall–Kier alpha value is -4.30. The van der Waals surface area contributed by atoms with E-state index in [1.807, 2.05) is 24.3 Å². The summed E-state index contributed by atoms with van der Waals surface area (Å²) in [5.41, 5.74) is 3.83. The van der Waals surface area contributed by atoms with E-state index in [4.69, 9.17) is 0 Å². The van der Waals surface area contributed by atoms with Gasteiger partial charge in [-0.3, -0.25) is 4.79 Å². The molecule has 1 aromatic heterocycles. The van der Waals surface area contributed by atoms with Gasteiger partial charge in [0.25, 0.3) is 0 Å². The van der Waals surface area contributed by atoms with E-state index >= 15 is 4.39 Å². The lowest BCUT2D eigenvalue weighted by atomic mass is 10.0. The van der Waals surface area contributed by atoms with Crippen molar-refractivity contribution in [2.75, 3.05) is 29.0 Å². The molecule has 35 heavy (non-hydrogen) atoms. The van der Waals surface area contributed by atoms with Crippen LogP contribution in [0.15, 0.2) is 79.5 Å². The van der Waals surface area contributed by atoms with Crippen LogP contribution in [0.2, 0.25) is 0 Å². The number of nitrogens with one attached hydrogen (secondary N) is 4. The fourth-order valence-electron chi connectivity index (χ4n) is 4.15. The lowest BCUT2D eigenvalue weighted by Crippen LogP contribution is -2.21. The minimum Gasteiger partial charge on any atom is -0.381 e. The smallest absolute Gasteiger partial charge is 0.247 e. The summed E-state index contributed by atoms with van der Waals surface area (Å²) < 4.78 is 15.0. The molecule has 0 saturated carbocycles. The topological polar surface area (TPSA) is 91.0 Å². The van der Waals surface area contributed by atoms with Crippen molar-refractivity contribution < 1.29 is 9.18 Å². The standard InChI is InChI=1S/C27H25FN6O/c1-2-24(35)32-21-5-3-4-17(14-21)25-23(28)11-6-18-15-30-27(34-26(18)25)33-20-9-7-19(8-10-20)31-22-12-13-29-16-22/h2-11,14-15,22,29,31H,1,12-13,16H2,(H,32,35)(H,30,33,34)/t22-/m0/s1. The number of fused-ring (bicyclic) bond motifs is 1. The fourth-order valence-corrected chi connectivity index (χ4v) is 4.15. The van der Waals surface area contributed by atoms with E-state index in [2.05, 4.69) is 37.8 Å². The van der Waals surface area contributed by atoms with Gasteiger partial charge < -0.3 is 21.3 Å². The molecule has 5 rings (SSSR count). The molecule has 1 fully saturated rings. The molecule has 1 saturated heterocycles. The number of aromatic nitrogens is 2. The molecule has 2 heterocycles. The molecule has 0 spiro atoms. The second kappa shape index (κ2) is 9.90. The highest BCUT2D eigenvalue weighted by Gasteiger charge is 2.15. The van der Waals surface area contributed by atoms with Gasteiger partial charge in [0.1, 0.15) is 5.82 Å². The van der Waals surface area contributed by atoms with Gasteiger partial charge in [-0.2, -0.15) is 0 Å². The molecule has 0 radical (unpaired) electrons. The van der Waals surface area contributed by atoms with Crippen LogP contribution in [0, 0.1) is 5.82 Å². The van der Waals surface area contributed by atoms with E-state index in [1.54, 1.807) is 36.5 Å². The predicted molar refractivity (Wildman–Crippen MR) is 138 cm³/mol. The van der Waals surface area contributed by atoms with Crippen molar-refractivity contribution in [3.63, 3.8) is 0 Å². The number of nitrogens with zero attached hydrogens (tertiary/aromatic N) is 2. The molecular formula is C27H25FN6O. The molecule has 0 aliphatic carbocycles. The van der Waals surface area contributed by atoms with Gasteiger partial charge in [-0.05, 0) is 73.1 Å². The Morgan fingerprint density at radius 2 is 1.91 bits per heavy atom. The number of anilines is 4. The number of hydrogen-bond donors (Lipinski definition) is 4. The molecule has 4 aromatic rings. The van der Waals surface area contributed by atoms with Crippen LogP contribution >= 0.6 is 0 Å². The van der Waals surface area contributed by atoms with E-state index in [9.17, 15) is 4.79 Å². The van der Waals surface area contributed by atoms with Crippen LogP contribution in [0.5, 0.6) is 0 Å². The van der Waals surface area contributed by atoms with Crippen LogP contribution in [-0.2, 0) is 4.79 Å². The highest BCUT2D eigenvalue weighted by molar-refractivity contribution is 6.00. The molecule has 7 nitrogen and oxygen atoms in total. The number of carbonyl (C=O) groups is 1. The molecule has 0 unspecified atom stereocenters. The maximum Gasteiger partial charge on any atom is 0.247 e.